The van der Waals surface area contributed by atoms with Gasteiger partial charge in [-0.15, -0.1) is 6.42 Å². The zero-order valence-electron chi connectivity index (χ0n) is 13.1. The van der Waals surface area contributed by atoms with Gasteiger partial charge in [-0.25, -0.2) is 8.42 Å². The molecule has 0 saturated heterocycles. The molecule has 130 valence electrons. The second-order valence-corrected chi connectivity index (χ2v) is 8.42. The molecule has 8 heteroatoms. The minimum Gasteiger partial charge on any atom is -0.463 e. The second-order valence-electron chi connectivity index (χ2n) is 6.00. The number of ether oxygens (including phenoxy) is 1. The van der Waals surface area contributed by atoms with Gasteiger partial charge in [0.25, 0.3) is 0 Å². The highest BCUT2D eigenvalue weighted by Gasteiger charge is 2.39. The molecule has 0 N–H and O–H groups in total. The Morgan fingerprint density at radius 2 is 2.08 bits per heavy atom. The van der Waals surface area contributed by atoms with E-state index in [0.717, 1.165) is 25.7 Å². The highest BCUT2D eigenvalue weighted by atomic mass is 35.5. The smallest absolute Gasteiger partial charge is 0.242 e. The zero-order chi connectivity index (χ0) is 17.3. The first-order valence-electron chi connectivity index (χ1n) is 7.90. The largest absolute Gasteiger partial charge is 0.463 e. The molecule has 1 aromatic rings. The molecule has 1 fully saturated rings. The van der Waals surface area contributed by atoms with Crippen molar-refractivity contribution in [3.05, 3.63) is 11.0 Å². The summed E-state index contributed by atoms with van der Waals surface area (Å²) in [6, 6.07) is 0.171. The Bertz CT molecular complexity index is 785. The molecule has 0 amide bonds. The number of terminal acetylenes is 1. The normalized spacial score (nSPS) is 20.3. The van der Waals surface area contributed by atoms with Gasteiger partial charge >= 0.3 is 0 Å². The summed E-state index contributed by atoms with van der Waals surface area (Å²) in [5, 5.41) is -0.474. The molecule has 1 aliphatic heterocycles. The summed E-state index contributed by atoms with van der Waals surface area (Å²) in [5.74, 6) is 1.03. The lowest BCUT2D eigenvalue weighted by molar-refractivity contribution is 0.341. The molecule has 24 heavy (non-hydrogen) atoms. The molecule has 2 aliphatic rings. The second kappa shape index (κ2) is 6.77. The molecule has 2 heterocycles. The molecule has 1 aromatic heterocycles. The third-order valence-corrected chi connectivity index (χ3v) is 6.70. The van der Waals surface area contributed by atoms with E-state index in [1.807, 2.05) is 4.90 Å². The van der Waals surface area contributed by atoms with Crippen molar-refractivity contribution < 1.29 is 17.5 Å². The van der Waals surface area contributed by atoms with Gasteiger partial charge in [0.15, 0.2) is 16.4 Å². The molecule has 0 atom stereocenters. The van der Waals surface area contributed by atoms with Crippen molar-refractivity contribution in [1.82, 2.24) is 4.98 Å². The summed E-state index contributed by atoms with van der Waals surface area (Å²) in [6.45, 7) is 0.190. The van der Waals surface area contributed by atoms with Crippen LogP contribution in [0.4, 0.5) is 10.1 Å². The van der Waals surface area contributed by atoms with Crippen LogP contribution < -0.4 is 9.64 Å². The van der Waals surface area contributed by atoms with Gasteiger partial charge in [-0.05, 0) is 12.8 Å². The van der Waals surface area contributed by atoms with Gasteiger partial charge in [0.05, 0.1) is 5.75 Å². The minimum atomic E-state index is -3.70. The van der Waals surface area contributed by atoms with E-state index < -0.39 is 20.8 Å². The molecule has 0 aromatic carbocycles. The van der Waals surface area contributed by atoms with E-state index in [9.17, 15) is 12.8 Å². The Kier molecular flexibility index (Phi) is 4.88. The highest BCUT2D eigenvalue weighted by Crippen LogP contribution is 2.44. The van der Waals surface area contributed by atoms with Gasteiger partial charge in [0.1, 0.15) is 15.6 Å². The zero-order valence-corrected chi connectivity index (χ0v) is 14.7. The van der Waals surface area contributed by atoms with Gasteiger partial charge in [-0.2, -0.15) is 9.37 Å². The summed E-state index contributed by atoms with van der Waals surface area (Å²) in [6.07, 6.45) is 10.4. The molecule has 0 radical (unpaired) electrons. The fraction of sp³-hybridized carbons (Fsp3) is 0.562. The van der Waals surface area contributed by atoms with E-state index in [4.69, 9.17) is 22.8 Å². The maximum absolute atomic E-state index is 14.0. The van der Waals surface area contributed by atoms with Crippen LogP contribution >= 0.6 is 11.6 Å². The summed E-state index contributed by atoms with van der Waals surface area (Å²) >= 11 is 5.97. The van der Waals surface area contributed by atoms with Crippen molar-refractivity contribution in [3.8, 4) is 18.2 Å². The van der Waals surface area contributed by atoms with Crippen LogP contribution in [0.15, 0.2) is 4.90 Å². The molecule has 3 rings (SSSR count). The third kappa shape index (κ3) is 3.05. The minimum absolute atomic E-state index is 0.0984. The number of anilines is 1. The lowest BCUT2D eigenvalue weighted by Gasteiger charge is -2.40. The summed E-state index contributed by atoms with van der Waals surface area (Å²) < 4.78 is 44.4. The van der Waals surface area contributed by atoms with E-state index in [1.54, 1.807) is 0 Å². The average Bonchev–Trinajstić information content (AvgIpc) is 2.57. The molecule has 1 aliphatic carbocycles. The van der Waals surface area contributed by atoms with Crippen LogP contribution in [0, 0.1) is 18.3 Å². The predicted molar refractivity (Wildman–Crippen MR) is 89.8 cm³/mol. The number of nitrogens with zero attached hydrogens (tertiary/aromatic N) is 2. The SMILES string of the molecule is C#CCOc1nc(F)c(Cl)c2c1N(C1CCCCC1)CCS2(=O)=O. The molecule has 0 spiro atoms. The maximum atomic E-state index is 14.0. The first-order valence-corrected chi connectivity index (χ1v) is 9.93. The standard InChI is InChI=1S/C16H18ClFN2O3S/c1-2-9-23-16-13-14(12(17)15(18)19-16)24(21,22)10-8-20(13)11-6-4-3-5-7-11/h1,11H,3-10H2. The van der Waals surface area contributed by atoms with Crippen LogP contribution in [-0.4, -0.2) is 38.3 Å². The Labute approximate surface area is 146 Å². The molecular formula is C16H18ClFN2O3S. The number of aromatic nitrogens is 1. The number of halogens is 2. The Hall–Kier alpha value is -1.52. The maximum Gasteiger partial charge on any atom is 0.242 e. The van der Waals surface area contributed by atoms with Gasteiger partial charge in [-0.1, -0.05) is 36.8 Å². The van der Waals surface area contributed by atoms with Crippen molar-refractivity contribution in [2.24, 2.45) is 0 Å². The number of sulfone groups is 1. The Morgan fingerprint density at radius 1 is 1.38 bits per heavy atom. The van der Waals surface area contributed by atoms with E-state index in [0.29, 0.717) is 6.54 Å². The van der Waals surface area contributed by atoms with Crippen LogP contribution in [0.25, 0.3) is 0 Å². The topological polar surface area (TPSA) is 59.5 Å². The highest BCUT2D eigenvalue weighted by molar-refractivity contribution is 7.91. The van der Waals surface area contributed by atoms with Crippen molar-refractivity contribution in [1.29, 1.82) is 0 Å². The van der Waals surface area contributed by atoms with E-state index in [1.165, 1.54) is 6.42 Å². The van der Waals surface area contributed by atoms with Crippen molar-refractivity contribution in [2.45, 2.75) is 43.0 Å². The number of rotatable bonds is 3. The van der Waals surface area contributed by atoms with Gasteiger partial charge < -0.3 is 9.64 Å². The van der Waals surface area contributed by atoms with Crippen LogP contribution in [0.2, 0.25) is 5.02 Å². The number of fused-ring (bicyclic) bond motifs is 1. The lowest BCUT2D eigenvalue weighted by atomic mass is 9.94. The number of hydrogen-bond donors (Lipinski definition) is 0. The van der Waals surface area contributed by atoms with Crippen LogP contribution in [0.5, 0.6) is 5.88 Å². The van der Waals surface area contributed by atoms with Crippen LogP contribution in [0.3, 0.4) is 0 Å². The van der Waals surface area contributed by atoms with E-state index in [2.05, 4.69) is 10.9 Å². The van der Waals surface area contributed by atoms with Crippen LogP contribution in [-0.2, 0) is 9.84 Å². The molecular weight excluding hydrogens is 355 g/mol. The molecule has 0 bridgehead atoms. The number of hydrogen-bond acceptors (Lipinski definition) is 5. The van der Waals surface area contributed by atoms with Gasteiger partial charge in [-0.3, -0.25) is 0 Å². The quantitative estimate of drug-likeness (QED) is 0.603. The Balaban J connectivity index is 2.17. The van der Waals surface area contributed by atoms with Crippen LogP contribution in [0.1, 0.15) is 32.1 Å². The van der Waals surface area contributed by atoms with Crippen molar-refractivity contribution in [2.75, 3.05) is 23.8 Å². The fourth-order valence-electron chi connectivity index (χ4n) is 3.42. The summed E-state index contributed by atoms with van der Waals surface area (Å²) in [4.78, 5) is 5.45. The third-order valence-electron chi connectivity index (χ3n) is 4.50. The first-order chi connectivity index (χ1) is 11.5. The molecule has 1 saturated carbocycles. The Morgan fingerprint density at radius 3 is 2.75 bits per heavy atom. The van der Waals surface area contributed by atoms with Crippen molar-refractivity contribution in [3.63, 3.8) is 0 Å². The van der Waals surface area contributed by atoms with Crippen molar-refractivity contribution >= 4 is 27.1 Å². The first kappa shape index (κ1) is 17.3. The van der Waals surface area contributed by atoms with E-state index >= 15 is 0 Å². The number of pyridine rings is 1. The summed E-state index contributed by atoms with van der Waals surface area (Å²) in [5.41, 5.74) is 0.259. The molecule has 0 unspecified atom stereocenters. The van der Waals surface area contributed by atoms with Gasteiger partial charge in [0, 0.05) is 12.6 Å². The predicted octanol–water partition coefficient (Wildman–Crippen LogP) is 2.81. The fourth-order valence-corrected chi connectivity index (χ4v) is 5.41. The lowest BCUT2D eigenvalue weighted by Crippen LogP contribution is -2.44. The van der Waals surface area contributed by atoms with Gasteiger partial charge in [0.2, 0.25) is 11.8 Å². The van der Waals surface area contributed by atoms with E-state index in [-0.39, 0.29) is 34.9 Å². The monoisotopic (exact) mass is 372 g/mol. The average molecular weight is 373 g/mol. The summed E-state index contributed by atoms with van der Waals surface area (Å²) in [7, 11) is -3.70. The molecule has 5 nitrogen and oxygen atoms in total.